The van der Waals surface area contributed by atoms with Crippen molar-refractivity contribution in [2.75, 3.05) is 19.8 Å². The highest BCUT2D eigenvalue weighted by Gasteiger charge is 2.14. The van der Waals surface area contributed by atoms with Gasteiger partial charge in [0.1, 0.15) is 5.82 Å². The summed E-state index contributed by atoms with van der Waals surface area (Å²) < 4.78 is 5.28. The summed E-state index contributed by atoms with van der Waals surface area (Å²) in [4.78, 5) is 7.19. The Labute approximate surface area is 77.7 Å². The van der Waals surface area contributed by atoms with Crippen molar-refractivity contribution in [2.45, 2.75) is 13.0 Å². The molecule has 2 N–H and O–H groups in total. The van der Waals surface area contributed by atoms with Gasteiger partial charge in [-0.05, 0) is 12.3 Å². The summed E-state index contributed by atoms with van der Waals surface area (Å²) in [6.45, 7) is 3.68. The minimum atomic E-state index is 0.690. The van der Waals surface area contributed by atoms with Crippen LogP contribution in [0.2, 0.25) is 0 Å². The fourth-order valence-electron chi connectivity index (χ4n) is 1.53. The van der Waals surface area contributed by atoms with Gasteiger partial charge in [0.25, 0.3) is 0 Å². The van der Waals surface area contributed by atoms with Gasteiger partial charge in [-0.3, -0.25) is 0 Å². The third-order valence-electron chi connectivity index (χ3n) is 2.30. The van der Waals surface area contributed by atoms with E-state index in [1.807, 2.05) is 6.20 Å². The molecule has 2 rings (SSSR count). The summed E-state index contributed by atoms with van der Waals surface area (Å²) in [6, 6.07) is 0. The lowest BCUT2D eigenvalue weighted by molar-refractivity contribution is 0.185. The Bertz CT molecular complexity index is 229. The van der Waals surface area contributed by atoms with Crippen LogP contribution in [0.25, 0.3) is 0 Å². The van der Waals surface area contributed by atoms with Crippen molar-refractivity contribution >= 4 is 0 Å². The van der Waals surface area contributed by atoms with Crippen molar-refractivity contribution in [3.8, 4) is 0 Å². The van der Waals surface area contributed by atoms with Crippen molar-refractivity contribution in [3.63, 3.8) is 0 Å². The molecular weight excluding hydrogens is 166 g/mol. The fraction of sp³-hybridized carbons (Fsp3) is 0.667. The van der Waals surface area contributed by atoms with E-state index in [0.717, 1.165) is 32.1 Å². The molecule has 1 aromatic rings. The highest BCUT2D eigenvalue weighted by molar-refractivity contribution is 4.86. The van der Waals surface area contributed by atoms with Crippen LogP contribution in [0.15, 0.2) is 12.4 Å². The molecule has 0 saturated carbocycles. The smallest absolute Gasteiger partial charge is 0.120 e. The van der Waals surface area contributed by atoms with Crippen LogP contribution in [-0.2, 0) is 11.3 Å². The molecule has 0 radical (unpaired) electrons. The van der Waals surface area contributed by atoms with E-state index in [0.29, 0.717) is 5.92 Å². The molecule has 1 aromatic heterocycles. The number of H-pyrrole nitrogens is 1. The maximum atomic E-state index is 5.28. The average Bonchev–Trinajstić information content (AvgIpc) is 2.75. The molecule has 1 fully saturated rings. The predicted molar refractivity (Wildman–Crippen MR) is 49.2 cm³/mol. The molecule has 2 heterocycles. The first-order valence-electron chi connectivity index (χ1n) is 4.72. The number of hydrogen-bond acceptors (Lipinski definition) is 3. The lowest BCUT2D eigenvalue weighted by Gasteiger charge is -2.07. The number of aromatic nitrogens is 2. The van der Waals surface area contributed by atoms with Gasteiger partial charge in [0, 0.05) is 25.5 Å². The van der Waals surface area contributed by atoms with Crippen molar-refractivity contribution in [1.82, 2.24) is 15.3 Å². The number of ether oxygens (including phenoxy) is 1. The molecule has 4 nitrogen and oxygen atoms in total. The third kappa shape index (κ3) is 2.54. The average molecular weight is 181 g/mol. The molecular formula is C9H15N3O. The number of hydrogen-bond donors (Lipinski definition) is 2. The third-order valence-corrected chi connectivity index (χ3v) is 2.30. The van der Waals surface area contributed by atoms with Crippen LogP contribution >= 0.6 is 0 Å². The molecule has 1 saturated heterocycles. The Morgan fingerprint density at radius 3 is 3.38 bits per heavy atom. The molecule has 4 heteroatoms. The Morgan fingerprint density at radius 1 is 1.69 bits per heavy atom. The molecule has 13 heavy (non-hydrogen) atoms. The predicted octanol–water partition coefficient (Wildman–Crippen LogP) is 0.536. The first-order chi connectivity index (χ1) is 6.45. The zero-order valence-corrected chi connectivity index (χ0v) is 7.62. The van der Waals surface area contributed by atoms with E-state index >= 15 is 0 Å². The normalized spacial score (nSPS) is 22.3. The van der Waals surface area contributed by atoms with Crippen LogP contribution < -0.4 is 5.32 Å². The van der Waals surface area contributed by atoms with E-state index in [2.05, 4.69) is 15.3 Å². The van der Waals surface area contributed by atoms with E-state index in [1.54, 1.807) is 6.20 Å². The second-order valence-corrected chi connectivity index (χ2v) is 3.40. The van der Waals surface area contributed by atoms with E-state index in [4.69, 9.17) is 4.74 Å². The van der Waals surface area contributed by atoms with E-state index in [-0.39, 0.29) is 0 Å². The standard InChI is InChI=1S/C9H15N3O/c1-4-13-7-8(1)5-10-6-9-11-2-3-12-9/h2-3,8,10H,1,4-7H2,(H,11,12). The van der Waals surface area contributed by atoms with Gasteiger partial charge in [-0.25, -0.2) is 4.98 Å². The highest BCUT2D eigenvalue weighted by atomic mass is 16.5. The van der Waals surface area contributed by atoms with Crippen molar-refractivity contribution < 1.29 is 4.74 Å². The maximum Gasteiger partial charge on any atom is 0.120 e. The quantitative estimate of drug-likeness (QED) is 0.712. The Hall–Kier alpha value is -0.870. The number of rotatable bonds is 4. The van der Waals surface area contributed by atoms with E-state index in [1.165, 1.54) is 6.42 Å². The first kappa shape index (κ1) is 8.72. The summed E-state index contributed by atoms with van der Waals surface area (Å²) in [5, 5.41) is 3.36. The van der Waals surface area contributed by atoms with Crippen molar-refractivity contribution in [2.24, 2.45) is 5.92 Å². The topological polar surface area (TPSA) is 49.9 Å². The summed E-state index contributed by atoms with van der Waals surface area (Å²) in [5.74, 6) is 1.69. The van der Waals surface area contributed by atoms with Gasteiger partial charge in [-0.15, -0.1) is 0 Å². The molecule has 0 bridgehead atoms. The van der Waals surface area contributed by atoms with Gasteiger partial charge in [-0.2, -0.15) is 0 Å². The van der Waals surface area contributed by atoms with Crippen LogP contribution in [0, 0.1) is 5.92 Å². The van der Waals surface area contributed by atoms with Gasteiger partial charge in [-0.1, -0.05) is 0 Å². The molecule has 0 aromatic carbocycles. The molecule has 1 aliphatic rings. The maximum absolute atomic E-state index is 5.28. The molecule has 0 amide bonds. The van der Waals surface area contributed by atoms with Gasteiger partial charge in [0.2, 0.25) is 0 Å². The molecule has 0 aliphatic carbocycles. The molecule has 0 spiro atoms. The number of aromatic amines is 1. The summed E-state index contributed by atoms with van der Waals surface area (Å²) in [6.07, 6.45) is 4.80. The Balaban J connectivity index is 1.63. The monoisotopic (exact) mass is 181 g/mol. The summed E-state index contributed by atoms with van der Waals surface area (Å²) in [7, 11) is 0. The van der Waals surface area contributed by atoms with Crippen LogP contribution in [0.5, 0.6) is 0 Å². The van der Waals surface area contributed by atoms with Gasteiger partial charge in [0.05, 0.1) is 13.2 Å². The fourth-order valence-corrected chi connectivity index (χ4v) is 1.53. The Morgan fingerprint density at radius 2 is 2.69 bits per heavy atom. The zero-order valence-electron chi connectivity index (χ0n) is 7.62. The first-order valence-corrected chi connectivity index (χ1v) is 4.72. The Kier molecular flexibility index (Phi) is 2.94. The van der Waals surface area contributed by atoms with E-state index in [9.17, 15) is 0 Å². The summed E-state index contributed by atoms with van der Waals surface area (Å²) >= 11 is 0. The van der Waals surface area contributed by atoms with E-state index < -0.39 is 0 Å². The van der Waals surface area contributed by atoms with Gasteiger partial charge in [0.15, 0.2) is 0 Å². The molecule has 72 valence electrons. The molecule has 1 unspecified atom stereocenters. The number of nitrogens with zero attached hydrogens (tertiary/aromatic N) is 1. The van der Waals surface area contributed by atoms with Crippen molar-refractivity contribution in [3.05, 3.63) is 18.2 Å². The lowest BCUT2D eigenvalue weighted by atomic mass is 10.1. The second kappa shape index (κ2) is 4.39. The number of nitrogens with one attached hydrogen (secondary N) is 2. The lowest BCUT2D eigenvalue weighted by Crippen LogP contribution is -2.23. The number of imidazole rings is 1. The van der Waals surface area contributed by atoms with Gasteiger partial charge >= 0.3 is 0 Å². The van der Waals surface area contributed by atoms with Crippen LogP contribution in [-0.4, -0.2) is 29.7 Å². The van der Waals surface area contributed by atoms with Gasteiger partial charge < -0.3 is 15.0 Å². The minimum Gasteiger partial charge on any atom is -0.381 e. The largest absolute Gasteiger partial charge is 0.381 e. The van der Waals surface area contributed by atoms with Crippen LogP contribution in [0.1, 0.15) is 12.2 Å². The minimum absolute atomic E-state index is 0.690. The highest BCUT2D eigenvalue weighted by Crippen LogP contribution is 2.10. The van der Waals surface area contributed by atoms with Crippen LogP contribution in [0.4, 0.5) is 0 Å². The molecule has 1 aliphatic heterocycles. The van der Waals surface area contributed by atoms with Crippen LogP contribution in [0.3, 0.4) is 0 Å². The zero-order chi connectivity index (χ0) is 8.93. The van der Waals surface area contributed by atoms with Crippen molar-refractivity contribution in [1.29, 1.82) is 0 Å². The molecule has 1 atom stereocenters. The second-order valence-electron chi connectivity index (χ2n) is 3.40. The SMILES string of the molecule is c1c[nH]c(CNCC2CCOC2)n1. The summed E-state index contributed by atoms with van der Waals surface area (Å²) in [5.41, 5.74) is 0.